The van der Waals surface area contributed by atoms with E-state index in [0.717, 1.165) is 28.0 Å². The summed E-state index contributed by atoms with van der Waals surface area (Å²) in [5.41, 5.74) is 0.965. The molecule has 0 heterocycles. The Morgan fingerprint density at radius 2 is 1.84 bits per heavy atom. The molecule has 1 N–H and O–H groups in total. The maximum atomic E-state index is 13.0. The zero-order chi connectivity index (χ0) is 22.6. The number of amides is 2. The van der Waals surface area contributed by atoms with Gasteiger partial charge in [0.25, 0.3) is 0 Å². The van der Waals surface area contributed by atoms with Crippen LogP contribution in [0.25, 0.3) is 0 Å². The van der Waals surface area contributed by atoms with Gasteiger partial charge in [-0.15, -0.1) is 0 Å². The van der Waals surface area contributed by atoms with Crippen molar-refractivity contribution in [2.75, 3.05) is 20.3 Å². The van der Waals surface area contributed by atoms with Crippen molar-refractivity contribution >= 4 is 27.7 Å². The van der Waals surface area contributed by atoms with Crippen LogP contribution in [-0.4, -0.2) is 43.0 Å². The lowest BCUT2D eigenvalue weighted by Gasteiger charge is -2.29. The van der Waals surface area contributed by atoms with Crippen molar-refractivity contribution in [2.24, 2.45) is 0 Å². The van der Waals surface area contributed by atoms with E-state index in [-0.39, 0.29) is 11.8 Å². The molecule has 2 aromatic rings. The van der Waals surface area contributed by atoms with Crippen LogP contribution in [0.3, 0.4) is 0 Å². The van der Waals surface area contributed by atoms with E-state index in [4.69, 9.17) is 9.47 Å². The number of carbonyl (C=O) groups excluding carboxylic acids is 2. The highest BCUT2D eigenvalue weighted by molar-refractivity contribution is 9.10. The van der Waals surface area contributed by atoms with Crippen molar-refractivity contribution in [2.45, 2.75) is 45.7 Å². The number of ether oxygens (including phenoxy) is 2. The fourth-order valence-electron chi connectivity index (χ4n) is 3.04. The summed E-state index contributed by atoms with van der Waals surface area (Å²) in [5.74, 6) is 1.28. The van der Waals surface area contributed by atoms with Gasteiger partial charge in [-0.2, -0.15) is 0 Å². The summed E-state index contributed by atoms with van der Waals surface area (Å²) < 4.78 is 11.8. The van der Waals surface area contributed by atoms with E-state index in [1.807, 2.05) is 55.5 Å². The normalized spacial score (nSPS) is 11.5. The minimum atomic E-state index is -0.555. The summed E-state index contributed by atoms with van der Waals surface area (Å²) in [6.07, 6.45) is 1.71. The Morgan fingerprint density at radius 3 is 2.48 bits per heavy atom. The zero-order valence-corrected chi connectivity index (χ0v) is 20.0. The van der Waals surface area contributed by atoms with E-state index >= 15 is 0 Å². The van der Waals surface area contributed by atoms with Crippen molar-refractivity contribution in [3.8, 4) is 11.5 Å². The first-order valence-corrected chi connectivity index (χ1v) is 11.3. The number of carbonyl (C=O) groups is 2. The number of hydrogen-bond acceptors (Lipinski definition) is 4. The predicted molar refractivity (Wildman–Crippen MR) is 125 cm³/mol. The molecule has 0 bridgehead atoms. The summed E-state index contributed by atoms with van der Waals surface area (Å²) in [6, 6.07) is 14.5. The fraction of sp³-hybridized carbons (Fsp3) is 0.417. The van der Waals surface area contributed by atoms with Gasteiger partial charge in [-0.05, 0) is 61.7 Å². The SMILES string of the molecule is CCCNC(=O)[C@H](C)N(Cc1cccc(Br)c1)C(=O)CCCOc1ccc(OC)cc1. The van der Waals surface area contributed by atoms with Crippen LogP contribution in [0.2, 0.25) is 0 Å². The Labute approximate surface area is 193 Å². The van der Waals surface area contributed by atoms with Crippen LogP contribution in [0.15, 0.2) is 53.0 Å². The molecule has 0 radical (unpaired) electrons. The van der Waals surface area contributed by atoms with Gasteiger partial charge in [0, 0.05) is 24.0 Å². The van der Waals surface area contributed by atoms with E-state index in [2.05, 4.69) is 21.2 Å². The Morgan fingerprint density at radius 1 is 1.13 bits per heavy atom. The molecule has 7 heteroatoms. The molecule has 2 aromatic carbocycles. The van der Waals surface area contributed by atoms with E-state index in [0.29, 0.717) is 32.5 Å². The molecule has 168 valence electrons. The molecule has 1 atom stereocenters. The van der Waals surface area contributed by atoms with E-state index in [1.54, 1.807) is 18.9 Å². The molecule has 0 saturated heterocycles. The first-order chi connectivity index (χ1) is 14.9. The Balaban J connectivity index is 1.96. The number of methoxy groups -OCH3 is 1. The Hall–Kier alpha value is -2.54. The number of benzene rings is 2. The lowest BCUT2D eigenvalue weighted by molar-refractivity contribution is -0.140. The average Bonchev–Trinajstić information content (AvgIpc) is 2.78. The molecular weight excluding hydrogens is 460 g/mol. The van der Waals surface area contributed by atoms with Gasteiger partial charge < -0.3 is 19.7 Å². The molecule has 0 spiro atoms. The summed E-state index contributed by atoms with van der Waals surface area (Å²) in [4.78, 5) is 27.2. The minimum Gasteiger partial charge on any atom is -0.497 e. The lowest BCUT2D eigenvalue weighted by atomic mass is 10.1. The summed E-state index contributed by atoms with van der Waals surface area (Å²) in [7, 11) is 1.62. The molecule has 0 aliphatic carbocycles. The first kappa shape index (κ1) is 24.7. The molecular formula is C24H31BrN2O4. The van der Waals surface area contributed by atoms with E-state index < -0.39 is 6.04 Å². The highest BCUT2D eigenvalue weighted by atomic mass is 79.9. The second-order valence-electron chi connectivity index (χ2n) is 7.25. The van der Waals surface area contributed by atoms with Crippen LogP contribution in [0, 0.1) is 0 Å². The Kier molecular flexibility index (Phi) is 10.4. The first-order valence-electron chi connectivity index (χ1n) is 10.5. The molecule has 0 aromatic heterocycles. The number of hydrogen-bond donors (Lipinski definition) is 1. The second kappa shape index (κ2) is 13.0. The molecule has 0 fully saturated rings. The van der Waals surface area contributed by atoms with Crippen LogP contribution in [-0.2, 0) is 16.1 Å². The zero-order valence-electron chi connectivity index (χ0n) is 18.4. The van der Waals surface area contributed by atoms with Gasteiger partial charge in [0.2, 0.25) is 11.8 Å². The molecule has 31 heavy (non-hydrogen) atoms. The number of nitrogens with zero attached hydrogens (tertiary/aromatic N) is 1. The van der Waals surface area contributed by atoms with Gasteiger partial charge in [0.1, 0.15) is 17.5 Å². The second-order valence-corrected chi connectivity index (χ2v) is 8.16. The molecule has 0 unspecified atom stereocenters. The third-order valence-electron chi connectivity index (χ3n) is 4.82. The standard InChI is InChI=1S/C24H31BrN2O4/c1-4-14-26-24(29)18(2)27(17-19-7-5-8-20(25)16-19)23(28)9-6-15-31-22-12-10-21(30-3)11-13-22/h5,7-8,10-13,16,18H,4,6,9,14-15,17H2,1-3H3,(H,26,29)/t18-/m0/s1. The van der Waals surface area contributed by atoms with Crippen LogP contribution in [0.1, 0.15) is 38.7 Å². The predicted octanol–water partition coefficient (Wildman–Crippen LogP) is 4.56. The van der Waals surface area contributed by atoms with Gasteiger partial charge in [0.05, 0.1) is 13.7 Å². The smallest absolute Gasteiger partial charge is 0.242 e. The molecule has 0 aliphatic heterocycles. The third-order valence-corrected chi connectivity index (χ3v) is 5.31. The van der Waals surface area contributed by atoms with Gasteiger partial charge in [0.15, 0.2) is 0 Å². The van der Waals surface area contributed by atoms with Gasteiger partial charge >= 0.3 is 0 Å². The Bertz CT molecular complexity index is 842. The maximum absolute atomic E-state index is 13.0. The monoisotopic (exact) mass is 490 g/mol. The summed E-state index contributed by atoms with van der Waals surface area (Å²) in [5, 5.41) is 2.89. The minimum absolute atomic E-state index is 0.0718. The van der Waals surface area contributed by atoms with E-state index in [9.17, 15) is 9.59 Å². The summed E-state index contributed by atoms with van der Waals surface area (Å²) >= 11 is 3.46. The van der Waals surface area contributed by atoms with Crippen LogP contribution < -0.4 is 14.8 Å². The van der Waals surface area contributed by atoms with Crippen molar-refractivity contribution < 1.29 is 19.1 Å². The molecule has 2 rings (SSSR count). The van der Waals surface area contributed by atoms with E-state index in [1.165, 1.54) is 0 Å². The maximum Gasteiger partial charge on any atom is 0.242 e. The molecule has 2 amide bonds. The number of rotatable bonds is 12. The largest absolute Gasteiger partial charge is 0.497 e. The topological polar surface area (TPSA) is 67.9 Å². The van der Waals surface area contributed by atoms with Crippen LogP contribution >= 0.6 is 15.9 Å². The van der Waals surface area contributed by atoms with Gasteiger partial charge in [-0.1, -0.05) is 35.0 Å². The third kappa shape index (κ3) is 8.25. The molecule has 6 nitrogen and oxygen atoms in total. The summed E-state index contributed by atoms with van der Waals surface area (Å²) in [6.45, 7) is 5.15. The van der Waals surface area contributed by atoms with Gasteiger partial charge in [-0.3, -0.25) is 9.59 Å². The van der Waals surface area contributed by atoms with Gasteiger partial charge in [-0.25, -0.2) is 0 Å². The lowest BCUT2D eigenvalue weighted by Crippen LogP contribution is -2.47. The number of nitrogens with one attached hydrogen (secondary N) is 1. The number of halogens is 1. The van der Waals surface area contributed by atoms with Crippen molar-refractivity contribution in [3.63, 3.8) is 0 Å². The quantitative estimate of drug-likeness (QED) is 0.442. The highest BCUT2D eigenvalue weighted by Crippen LogP contribution is 2.18. The van der Waals surface area contributed by atoms with Crippen LogP contribution in [0.4, 0.5) is 0 Å². The highest BCUT2D eigenvalue weighted by Gasteiger charge is 2.25. The van der Waals surface area contributed by atoms with Crippen molar-refractivity contribution in [3.05, 3.63) is 58.6 Å². The fourth-order valence-corrected chi connectivity index (χ4v) is 3.49. The van der Waals surface area contributed by atoms with Crippen molar-refractivity contribution in [1.29, 1.82) is 0 Å². The molecule has 0 aliphatic rings. The molecule has 0 saturated carbocycles. The van der Waals surface area contributed by atoms with Crippen LogP contribution in [0.5, 0.6) is 11.5 Å². The average molecular weight is 491 g/mol. The van der Waals surface area contributed by atoms with Crippen molar-refractivity contribution in [1.82, 2.24) is 10.2 Å².